The van der Waals surface area contributed by atoms with Gasteiger partial charge in [-0.1, -0.05) is 131 Å². The van der Waals surface area contributed by atoms with Gasteiger partial charge < -0.3 is 47.9 Å². The number of carbonyl (C=O) groups excluding carboxylic acids is 9. The van der Waals surface area contributed by atoms with E-state index < -0.39 is 84.2 Å². The lowest BCUT2D eigenvalue weighted by molar-refractivity contribution is -0.141. The van der Waals surface area contributed by atoms with Crippen LogP contribution >= 0.6 is 0 Å². The topological polar surface area (TPSA) is 267 Å². The van der Waals surface area contributed by atoms with Gasteiger partial charge in [0.05, 0.1) is 18.2 Å². The molecule has 398 valence electrons. The molecule has 7 atom stereocenters. The third-order valence-electron chi connectivity index (χ3n) is 13.6. The molecule has 0 spiro atoms. The molecule has 1 aliphatic heterocycles. The first-order valence-corrected chi connectivity index (χ1v) is 25.9. The number of likely N-dealkylation sites (tertiary alicyclic amines) is 1. The molecule has 0 saturated carbocycles. The molecule has 0 radical (unpaired) electrons. The molecule has 2 aliphatic rings. The fourth-order valence-corrected chi connectivity index (χ4v) is 9.30. The Labute approximate surface area is 438 Å². The Kier molecular flexibility index (Phi) is 20.4. The number of ketones is 2. The number of rotatable bonds is 25. The van der Waals surface area contributed by atoms with Gasteiger partial charge in [0.15, 0.2) is 11.6 Å². The Balaban J connectivity index is 1.07. The van der Waals surface area contributed by atoms with E-state index >= 15 is 0 Å². The van der Waals surface area contributed by atoms with Crippen LogP contribution in [0, 0.1) is 11.8 Å². The van der Waals surface area contributed by atoms with Crippen molar-refractivity contribution in [1.82, 2.24) is 36.8 Å². The Hall–Kier alpha value is -7.73. The number of nitrogens with zero attached hydrogens (tertiary/aromatic N) is 1. The normalized spacial score (nSPS) is 16.2. The summed E-state index contributed by atoms with van der Waals surface area (Å²) >= 11 is 0. The van der Waals surface area contributed by atoms with Gasteiger partial charge >= 0.3 is 0 Å². The quantitative estimate of drug-likeness (QED) is 0.0393. The van der Waals surface area contributed by atoms with E-state index in [4.69, 9.17) is 5.73 Å². The Bertz CT molecular complexity index is 2700. The van der Waals surface area contributed by atoms with Gasteiger partial charge in [-0.3, -0.25) is 43.2 Å². The lowest BCUT2D eigenvalue weighted by Crippen LogP contribution is -2.59. The zero-order chi connectivity index (χ0) is 54.2. The van der Waals surface area contributed by atoms with Crippen LogP contribution in [0.5, 0.6) is 0 Å². The third-order valence-corrected chi connectivity index (χ3v) is 13.6. The van der Waals surface area contributed by atoms with E-state index in [0.717, 1.165) is 11.1 Å². The zero-order valence-corrected chi connectivity index (χ0v) is 43.4. The van der Waals surface area contributed by atoms with Gasteiger partial charge in [0.25, 0.3) is 0 Å². The fraction of sp³-hybridized carbons (Fsp3) is 0.421. The minimum absolute atomic E-state index is 0.00580. The number of nitrogens with two attached hydrogens (primary N) is 1. The maximum atomic E-state index is 14.4. The summed E-state index contributed by atoms with van der Waals surface area (Å²) in [7, 11) is 0. The fourth-order valence-electron chi connectivity index (χ4n) is 9.30. The average molecular weight is 1030 g/mol. The summed E-state index contributed by atoms with van der Waals surface area (Å²) < 4.78 is 0. The summed E-state index contributed by atoms with van der Waals surface area (Å²) in [4.78, 5) is 124. The van der Waals surface area contributed by atoms with Gasteiger partial charge in [-0.2, -0.15) is 0 Å². The van der Waals surface area contributed by atoms with Crippen molar-refractivity contribution in [2.24, 2.45) is 17.6 Å². The van der Waals surface area contributed by atoms with Crippen molar-refractivity contribution in [2.45, 2.75) is 116 Å². The van der Waals surface area contributed by atoms with Crippen molar-refractivity contribution < 1.29 is 43.2 Å². The van der Waals surface area contributed by atoms with E-state index in [1.54, 1.807) is 73.7 Å². The first kappa shape index (κ1) is 56.6. The van der Waals surface area contributed by atoms with Crippen molar-refractivity contribution in [3.8, 4) is 0 Å². The molecule has 4 aromatic rings. The Morgan fingerprint density at radius 3 is 1.84 bits per heavy atom. The number of fused-ring (bicyclic) bond motifs is 2. The smallest absolute Gasteiger partial charge is 0.246 e. The van der Waals surface area contributed by atoms with Crippen LogP contribution in [0.3, 0.4) is 0 Å². The van der Waals surface area contributed by atoms with Crippen molar-refractivity contribution in [3.05, 3.63) is 137 Å². The molecule has 0 bridgehead atoms. The highest BCUT2D eigenvalue weighted by Gasteiger charge is 2.39. The number of amides is 7. The number of carbonyl (C=O) groups is 9. The SMILES string of the molecule is CCC(C)[C@H](NC(=O)[C@H](Cc1ccccc1)NC(=O)[C@H](CC(C)C)NC(=O)[C@@H](C)N)C(=O)NCC(=O)N[C@@H](Cc1ccccc1)C(=O)N1CCC[C@H]1C(=O)NCCCNc1cccc2c1C(=O)c1ccccc1C2=O. The van der Waals surface area contributed by atoms with E-state index in [0.29, 0.717) is 60.2 Å². The Morgan fingerprint density at radius 1 is 0.627 bits per heavy atom. The second-order valence-corrected chi connectivity index (χ2v) is 19.8. The predicted molar refractivity (Wildman–Crippen MR) is 284 cm³/mol. The lowest BCUT2D eigenvalue weighted by atomic mass is 9.83. The van der Waals surface area contributed by atoms with Crippen LogP contribution in [0.2, 0.25) is 0 Å². The van der Waals surface area contributed by atoms with Crippen molar-refractivity contribution in [2.75, 3.05) is 31.5 Å². The van der Waals surface area contributed by atoms with Crippen LogP contribution in [0.25, 0.3) is 0 Å². The van der Waals surface area contributed by atoms with Gasteiger partial charge in [0, 0.05) is 54.9 Å². The third kappa shape index (κ3) is 15.2. The van der Waals surface area contributed by atoms with Crippen LogP contribution in [-0.4, -0.2) is 120 Å². The molecule has 1 saturated heterocycles. The molecule has 9 N–H and O–H groups in total. The first-order chi connectivity index (χ1) is 36.0. The van der Waals surface area contributed by atoms with Crippen LogP contribution < -0.4 is 43.0 Å². The minimum Gasteiger partial charge on any atom is -0.384 e. The van der Waals surface area contributed by atoms with Gasteiger partial charge in [-0.15, -0.1) is 0 Å². The zero-order valence-electron chi connectivity index (χ0n) is 43.4. The molecule has 75 heavy (non-hydrogen) atoms. The molecule has 0 aromatic heterocycles. The van der Waals surface area contributed by atoms with Gasteiger partial charge in [-0.05, 0) is 61.6 Å². The number of hydrogen-bond acceptors (Lipinski definition) is 11. The number of anilines is 1. The van der Waals surface area contributed by atoms with Crippen LogP contribution in [0.15, 0.2) is 103 Å². The molecule has 1 fully saturated rings. The molecule has 6 rings (SSSR count). The highest BCUT2D eigenvalue weighted by atomic mass is 16.2. The van der Waals surface area contributed by atoms with E-state index in [-0.39, 0.29) is 55.7 Å². The largest absolute Gasteiger partial charge is 0.384 e. The van der Waals surface area contributed by atoms with E-state index in [9.17, 15) is 43.2 Å². The van der Waals surface area contributed by atoms with Crippen LogP contribution in [0.1, 0.15) is 110 Å². The minimum atomic E-state index is -1.16. The molecular weight excluding hydrogens is 955 g/mol. The summed E-state index contributed by atoms with van der Waals surface area (Å²) in [5.74, 6) is -4.77. The molecule has 7 amide bonds. The highest BCUT2D eigenvalue weighted by Crippen LogP contribution is 2.32. The summed E-state index contributed by atoms with van der Waals surface area (Å²) in [5.41, 5.74) is 9.17. The van der Waals surface area contributed by atoms with Crippen molar-refractivity contribution in [1.29, 1.82) is 0 Å². The number of hydrogen-bond donors (Lipinski definition) is 8. The predicted octanol–water partition coefficient (Wildman–Crippen LogP) is 3.35. The van der Waals surface area contributed by atoms with Gasteiger partial charge in [0.1, 0.15) is 30.2 Å². The lowest BCUT2D eigenvalue weighted by Gasteiger charge is -2.29. The molecule has 18 heteroatoms. The second kappa shape index (κ2) is 27.0. The molecule has 1 aliphatic carbocycles. The van der Waals surface area contributed by atoms with E-state index in [1.165, 1.54) is 11.8 Å². The van der Waals surface area contributed by atoms with Gasteiger partial charge in [0.2, 0.25) is 41.4 Å². The molecule has 1 heterocycles. The van der Waals surface area contributed by atoms with Crippen molar-refractivity contribution in [3.63, 3.8) is 0 Å². The number of nitrogens with one attached hydrogen (secondary N) is 7. The maximum Gasteiger partial charge on any atom is 0.246 e. The maximum absolute atomic E-state index is 14.4. The summed E-state index contributed by atoms with van der Waals surface area (Å²) in [5, 5.41) is 19.9. The molecular formula is C57H71N9O9. The monoisotopic (exact) mass is 1030 g/mol. The average Bonchev–Trinajstić information content (AvgIpc) is 3.90. The molecule has 1 unspecified atom stereocenters. The summed E-state index contributed by atoms with van der Waals surface area (Å²) in [6.45, 7) is 9.29. The molecule has 18 nitrogen and oxygen atoms in total. The summed E-state index contributed by atoms with van der Waals surface area (Å²) in [6.07, 6.45) is 2.35. The summed E-state index contributed by atoms with van der Waals surface area (Å²) in [6, 6.07) is 23.9. The van der Waals surface area contributed by atoms with E-state index in [1.807, 2.05) is 57.2 Å². The van der Waals surface area contributed by atoms with Crippen LogP contribution in [0.4, 0.5) is 5.69 Å². The standard InChI is InChI=1S/C57H71N9O9/c1-6-35(4)49(65-54(72)44(31-37-18-9-7-10-19-37)64-53(71)43(30-34(2)3)63-52(70)36(5)58)56(74)61-33-47(67)62-45(32-38-20-11-8-12-21-38)57(75)66-29-16-26-46(66)55(73)60-28-17-27-59-42-25-15-24-41-48(42)51(69)40-23-14-13-22-39(40)50(41)68/h7-15,18-25,34-36,43-46,49,59H,6,16-17,26-33,58H2,1-5H3,(H,60,73)(H,61,74)(H,62,67)(H,63,70)(H,64,71)(H,65,72)/t35?,36-,43+,44+,45+,46+,49+/m1/s1. The van der Waals surface area contributed by atoms with Crippen molar-refractivity contribution >= 4 is 58.6 Å². The number of benzene rings is 4. The second-order valence-electron chi connectivity index (χ2n) is 19.8. The Morgan fingerprint density at radius 2 is 1.21 bits per heavy atom. The highest BCUT2D eigenvalue weighted by molar-refractivity contribution is 6.30. The van der Waals surface area contributed by atoms with E-state index in [2.05, 4.69) is 37.2 Å². The van der Waals surface area contributed by atoms with Crippen LogP contribution in [-0.2, 0) is 46.4 Å². The van der Waals surface area contributed by atoms with Gasteiger partial charge in [-0.25, -0.2) is 0 Å². The first-order valence-electron chi connectivity index (χ1n) is 25.9. The molecule has 4 aromatic carbocycles.